The number of unbranched alkanes of at least 4 members (excludes halogenated alkanes) is 8. The first-order chi connectivity index (χ1) is 10.7. The molecule has 0 rings (SSSR count). The summed E-state index contributed by atoms with van der Waals surface area (Å²) >= 11 is 0. The first-order valence-electron chi connectivity index (χ1n) is 10.2. The Morgan fingerprint density at radius 3 is 1.23 bits per heavy atom. The van der Waals surface area contributed by atoms with Crippen molar-refractivity contribution < 1.29 is 0 Å². The summed E-state index contributed by atoms with van der Waals surface area (Å²) in [7, 11) is 0. The van der Waals surface area contributed by atoms with Gasteiger partial charge in [0, 0.05) is 0 Å². The molecule has 0 aromatic rings. The highest BCUT2D eigenvalue weighted by Gasteiger charge is 2.20. The van der Waals surface area contributed by atoms with E-state index >= 15 is 0 Å². The molecule has 2 nitrogen and oxygen atoms in total. The highest BCUT2D eigenvalue weighted by molar-refractivity contribution is 4.71. The van der Waals surface area contributed by atoms with Crippen LogP contribution in [0.3, 0.4) is 0 Å². The lowest BCUT2D eigenvalue weighted by atomic mass is 10.1. The molecule has 0 aliphatic rings. The predicted molar refractivity (Wildman–Crippen MR) is 101 cm³/mol. The maximum absolute atomic E-state index is 2.64. The van der Waals surface area contributed by atoms with Crippen LogP contribution in [0, 0.1) is 0 Å². The zero-order chi connectivity index (χ0) is 16.6. The van der Waals surface area contributed by atoms with Crippen LogP contribution in [0.2, 0.25) is 0 Å². The van der Waals surface area contributed by atoms with Crippen LogP contribution in [0.5, 0.6) is 0 Å². The Kier molecular flexibility index (Phi) is 15.7. The first-order valence-corrected chi connectivity index (χ1v) is 10.2. The topological polar surface area (TPSA) is 6.48 Å². The average molecular weight is 313 g/mol. The van der Waals surface area contributed by atoms with Gasteiger partial charge in [0.05, 0.1) is 6.17 Å². The van der Waals surface area contributed by atoms with Gasteiger partial charge in [0.15, 0.2) is 0 Å². The molecule has 22 heavy (non-hydrogen) atoms. The first kappa shape index (κ1) is 21.9. The van der Waals surface area contributed by atoms with Gasteiger partial charge >= 0.3 is 0 Å². The minimum Gasteiger partial charge on any atom is -0.288 e. The van der Waals surface area contributed by atoms with Crippen LogP contribution in [0.1, 0.15) is 98.8 Å². The lowest BCUT2D eigenvalue weighted by molar-refractivity contribution is 0.0482. The second kappa shape index (κ2) is 15.8. The summed E-state index contributed by atoms with van der Waals surface area (Å²) in [5.41, 5.74) is 0. The maximum atomic E-state index is 2.64. The van der Waals surface area contributed by atoms with Crippen molar-refractivity contribution in [1.29, 1.82) is 0 Å². The third-order valence-corrected chi connectivity index (χ3v) is 5.03. The maximum Gasteiger partial charge on any atom is 0.0622 e. The molecule has 0 aliphatic heterocycles. The summed E-state index contributed by atoms with van der Waals surface area (Å²) in [5, 5.41) is 0. The molecule has 0 saturated carbocycles. The fraction of sp³-hybridized carbons (Fsp3) is 1.00. The second-order valence-electron chi connectivity index (χ2n) is 6.54. The molecule has 0 aromatic carbocycles. The van der Waals surface area contributed by atoms with E-state index in [0.29, 0.717) is 6.17 Å². The lowest BCUT2D eigenvalue weighted by Crippen LogP contribution is -2.48. The molecule has 0 atom stereocenters. The summed E-state index contributed by atoms with van der Waals surface area (Å²) < 4.78 is 0. The van der Waals surface area contributed by atoms with Crippen molar-refractivity contribution in [3.05, 3.63) is 0 Å². The Labute approximate surface area is 141 Å². The van der Waals surface area contributed by atoms with Gasteiger partial charge < -0.3 is 0 Å². The molecule has 0 spiro atoms. The zero-order valence-corrected chi connectivity index (χ0v) is 16.4. The molecule has 0 unspecified atom stereocenters. The highest BCUT2D eigenvalue weighted by Crippen LogP contribution is 2.16. The number of hydrogen-bond acceptors (Lipinski definition) is 2. The molecule has 2 heteroatoms. The SMILES string of the molecule is CCCCCCCCCCCC(N(CC)CC)N(CC)CC. The Bertz CT molecular complexity index is 198. The van der Waals surface area contributed by atoms with Crippen molar-refractivity contribution in [2.24, 2.45) is 0 Å². The van der Waals surface area contributed by atoms with Crippen molar-refractivity contribution in [3.63, 3.8) is 0 Å². The Hall–Kier alpha value is -0.0800. The molecule has 0 bridgehead atoms. The van der Waals surface area contributed by atoms with Crippen molar-refractivity contribution in [2.45, 2.75) is 105 Å². The van der Waals surface area contributed by atoms with E-state index < -0.39 is 0 Å². The van der Waals surface area contributed by atoms with E-state index in [-0.39, 0.29) is 0 Å². The van der Waals surface area contributed by atoms with Crippen LogP contribution in [0.25, 0.3) is 0 Å². The molecule has 0 saturated heterocycles. The summed E-state index contributed by atoms with van der Waals surface area (Å²) in [6.45, 7) is 16.2. The Morgan fingerprint density at radius 1 is 0.500 bits per heavy atom. The molecule has 134 valence electrons. The third kappa shape index (κ3) is 9.84. The lowest BCUT2D eigenvalue weighted by Gasteiger charge is -2.38. The van der Waals surface area contributed by atoms with Gasteiger partial charge in [-0.25, -0.2) is 0 Å². The fourth-order valence-corrected chi connectivity index (χ4v) is 3.52. The number of hydrogen-bond donors (Lipinski definition) is 0. The van der Waals surface area contributed by atoms with Crippen molar-refractivity contribution in [1.82, 2.24) is 9.80 Å². The van der Waals surface area contributed by atoms with Gasteiger partial charge in [-0.15, -0.1) is 0 Å². The molecular formula is C20H44N2. The molecule has 0 heterocycles. The van der Waals surface area contributed by atoms with Crippen LogP contribution in [0.15, 0.2) is 0 Å². The van der Waals surface area contributed by atoms with Gasteiger partial charge in [0.1, 0.15) is 0 Å². The minimum atomic E-state index is 0.662. The van der Waals surface area contributed by atoms with Gasteiger partial charge in [-0.3, -0.25) is 9.80 Å². The average Bonchev–Trinajstić information content (AvgIpc) is 2.54. The molecule has 0 amide bonds. The molecule has 0 N–H and O–H groups in total. The summed E-state index contributed by atoms with van der Waals surface area (Å²) in [5.74, 6) is 0. The third-order valence-electron chi connectivity index (χ3n) is 5.03. The largest absolute Gasteiger partial charge is 0.288 e. The Morgan fingerprint density at radius 2 is 0.864 bits per heavy atom. The van der Waals surface area contributed by atoms with E-state index in [0.717, 1.165) is 0 Å². The van der Waals surface area contributed by atoms with Crippen molar-refractivity contribution >= 4 is 0 Å². The molecule has 0 aliphatic carbocycles. The van der Waals surface area contributed by atoms with E-state index in [1.54, 1.807) is 0 Å². The van der Waals surface area contributed by atoms with Crippen LogP contribution < -0.4 is 0 Å². The summed E-state index contributed by atoms with van der Waals surface area (Å²) in [6.07, 6.45) is 14.9. The van der Waals surface area contributed by atoms with Crippen molar-refractivity contribution in [2.75, 3.05) is 26.2 Å². The van der Waals surface area contributed by atoms with E-state index in [1.807, 2.05) is 0 Å². The predicted octanol–water partition coefficient (Wildman–Crippen LogP) is 5.92. The summed E-state index contributed by atoms with van der Waals surface area (Å²) in [4.78, 5) is 5.27. The normalized spacial score (nSPS) is 12.0. The van der Waals surface area contributed by atoms with Crippen LogP contribution >= 0.6 is 0 Å². The van der Waals surface area contributed by atoms with Gasteiger partial charge in [-0.2, -0.15) is 0 Å². The standard InChI is InChI=1S/C20H44N2/c1-6-11-12-13-14-15-16-17-18-19-20(21(7-2)8-3)22(9-4)10-5/h20H,6-19H2,1-5H3. The van der Waals surface area contributed by atoms with Gasteiger partial charge in [-0.05, 0) is 32.6 Å². The smallest absolute Gasteiger partial charge is 0.0622 e. The number of nitrogens with zero attached hydrogens (tertiary/aromatic N) is 2. The second-order valence-corrected chi connectivity index (χ2v) is 6.54. The molecular weight excluding hydrogens is 268 g/mol. The Balaban J connectivity index is 3.88. The van der Waals surface area contributed by atoms with E-state index in [2.05, 4.69) is 44.4 Å². The quantitative estimate of drug-likeness (QED) is 0.258. The van der Waals surface area contributed by atoms with E-state index in [9.17, 15) is 0 Å². The van der Waals surface area contributed by atoms with Gasteiger partial charge in [0.2, 0.25) is 0 Å². The van der Waals surface area contributed by atoms with Crippen molar-refractivity contribution in [3.8, 4) is 0 Å². The zero-order valence-electron chi connectivity index (χ0n) is 16.4. The highest BCUT2D eigenvalue weighted by atomic mass is 15.3. The molecule has 0 aromatic heterocycles. The van der Waals surface area contributed by atoms with Gasteiger partial charge in [-0.1, -0.05) is 92.4 Å². The van der Waals surface area contributed by atoms with Gasteiger partial charge in [0.25, 0.3) is 0 Å². The minimum absolute atomic E-state index is 0.662. The monoisotopic (exact) mass is 312 g/mol. The van der Waals surface area contributed by atoms with E-state index in [4.69, 9.17) is 0 Å². The van der Waals surface area contributed by atoms with E-state index in [1.165, 1.54) is 90.4 Å². The van der Waals surface area contributed by atoms with Crippen LogP contribution in [-0.2, 0) is 0 Å². The molecule has 0 radical (unpaired) electrons. The fourth-order valence-electron chi connectivity index (χ4n) is 3.52. The molecule has 0 fully saturated rings. The summed E-state index contributed by atoms with van der Waals surface area (Å²) in [6, 6.07) is 0. The van der Waals surface area contributed by atoms with Crippen LogP contribution in [0.4, 0.5) is 0 Å². The van der Waals surface area contributed by atoms with Crippen LogP contribution in [-0.4, -0.2) is 42.1 Å². The number of rotatable bonds is 16.